The predicted molar refractivity (Wildman–Crippen MR) is 105 cm³/mol. The van der Waals surface area contributed by atoms with Crippen molar-refractivity contribution in [2.75, 3.05) is 25.1 Å². The monoisotopic (exact) mass is 386 g/mol. The van der Waals surface area contributed by atoms with E-state index in [1.165, 1.54) is 0 Å². The third kappa shape index (κ3) is 3.40. The van der Waals surface area contributed by atoms with Crippen LogP contribution < -0.4 is 10.3 Å². The second-order valence-corrected chi connectivity index (χ2v) is 7.27. The lowest BCUT2D eigenvalue weighted by molar-refractivity contribution is -0.129. The first-order valence-corrected chi connectivity index (χ1v) is 9.55. The van der Waals surface area contributed by atoms with Crippen molar-refractivity contribution in [2.45, 2.75) is 38.7 Å². The highest BCUT2D eigenvalue weighted by molar-refractivity contribution is 6.21. The second kappa shape index (κ2) is 7.71. The molecule has 1 fully saturated rings. The third-order valence-electron chi connectivity index (χ3n) is 5.57. The maximum absolute atomic E-state index is 13.0. The first kappa shape index (κ1) is 20.0. The Bertz CT molecular complexity index is 837. The van der Waals surface area contributed by atoms with Gasteiger partial charge >= 0.3 is 0 Å². The van der Waals surface area contributed by atoms with E-state index in [0.29, 0.717) is 30.1 Å². The number of hydrogen-bond donors (Lipinski definition) is 2. The van der Waals surface area contributed by atoms with E-state index in [0.717, 1.165) is 17.9 Å². The molecule has 1 aromatic rings. The first-order valence-electron chi connectivity index (χ1n) is 9.55. The highest BCUT2D eigenvalue weighted by atomic mass is 16.3. The summed E-state index contributed by atoms with van der Waals surface area (Å²) in [5.74, 6) is -0.973. The smallest absolute Gasteiger partial charge is 0.285 e. The van der Waals surface area contributed by atoms with E-state index in [1.54, 1.807) is 50.1 Å². The highest BCUT2D eigenvalue weighted by Gasteiger charge is 2.46. The molecule has 8 nitrogen and oxygen atoms in total. The first-order chi connectivity index (χ1) is 13.3. The molecule has 3 rings (SSSR count). The summed E-state index contributed by atoms with van der Waals surface area (Å²) in [5, 5.41) is 18.5. The summed E-state index contributed by atoms with van der Waals surface area (Å²) in [4.78, 5) is 39.2. The lowest BCUT2D eigenvalue weighted by atomic mass is 9.95. The number of aliphatic hydroxyl groups is 1. The number of amides is 3. The number of likely N-dealkylation sites (tertiary alicyclic amines) is 1. The van der Waals surface area contributed by atoms with Gasteiger partial charge in [-0.25, -0.2) is 0 Å². The Morgan fingerprint density at radius 2 is 2.14 bits per heavy atom. The molecule has 1 saturated heterocycles. The molecule has 0 bridgehead atoms. The SMILES string of the molecule is CC[C@]1(O)C(=O)N(c2cccc(C(=O)N3CCC[C@@H](C(=O)NC)C3)c2)N=C1C. The van der Waals surface area contributed by atoms with Crippen molar-refractivity contribution in [2.24, 2.45) is 11.0 Å². The minimum atomic E-state index is -1.60. The Kier molecular flexibility index (Phi) is 5.51. The van der Waals surface area contributed by atoms with E-state index in [-0.39, 0.29) is 24.2 Å². The van der Waals surface area contributed by atoms with E-state index in [9.17, 15) is 19.5 Å². The predicted octanol–water partition coefficient (Wildman–Crippen LogP) is 1.15. The summed E-state index contributed by atoms with van der Waals surface area (Å²) < 4.78 is 0. The number of piperidine rings is 1. The van der Waals surface area contributed by atoms with Gasteiger partial charge in [0.2, 0.25) is 5.91 Å². The van der Waals surface area contributed by atoms with Crippen LogP contribution in [-0.2, 0) is 9.59 Å². The van der Waals surface area contributed by atoms with Crippen molar-refractivity contribution in [3.05, 3.63) is 29.8 Å². The Balaban J connectivity index is 1.81. The standard InChI is InChI=1S/C20H26N4O4/c1-4-20(28)13(2)22-24(19(20)27)16-9-5-7-14(11-16)18(26)23-10-6-8-15(12-23)17(25)21-3/h5,7,9,11,15,28H,4,6,8,10,12H2,1-3H3,(H,21,25)/t15-,20-/m1/s1. The molecule has 2 aliphatic heterocycles. The number of hydrogen-bond acceptors (Lipinski definition) is 5. The van der Waals surface area contributed by atoms with E-state index >= 15 is 0 Å². The largest absolute Gasteiger partial charge is 0.374 e. The molecule has 0 saturated carbocycles. The van der Waals surface area contributed by atoms with Gasteiger partial charge in [0.05, 0.1) is 17.3 Å². The van der Waals surface area contributed by atoms with Crippen LogP contribution in [0.4, 0.5) is 5.69 Å². The summed E-state index contributed by atoms with van der Waals surface area (Å²) >= 11 is 0. The average Bonchev–Trinajstić information content (AvgIpc) is 2.97. The van der Waals surface area contributed by atoms with Gasteiger partial charge in [-0.1, -0.05) is 13.0 Å². The number of rotatable bonds is 4. The molecular formula is C20H26N4O4. The number of anilines is 1. The quantitative estimate of drug-likeness (QED) is 0.810. The fraction of sp³-hybridized carbons (Fsp3) is 0.500. The van der Waals surface area contributed by atoms with E-state index in [4.69, 9.17) is 0 Å². The third-order valence-corrected chi connectivity index (χ3v) is 5.57. The molecule has 8 heteroatoms. The fourth-order valence-corrected chi connectivity index (χ4v) is 3.72. The molecule has 0 spiro atoms. The fourth-order valence-electron chi connectivity index (χ4n) is 3.72. The van der Waals surface area contributed by atoms with E-state index < -0.39 is 11.5 Å². The van der Waals surface area contributed by atoms with E-state index in [2.05, 4.69) is 10.4 Å². The van der Waals surface area contributed by atoms with Gasteiger partial charge in [0.25, 0.3) is 11.8 Å². The molecule has 1 aromatic carbocycles. The molecule has 2 N–H and O–H groups in total. The van der Waals surface area contributed by atoms with Crippen LogP contribution in [0.1, 0.15) is 43.5 Å². The highest BCUT2D eigenvalue weighted by Crippen LogP contribution is 2.29. The lowest BCUT2D eigenvalue weighted by Crippen LogP contribution is -2.45. The van der Waals surface area contributed by atoms with Crippen LogP contribution in [-0.4, -0.2) is 59.2 Å². The molecule has 2 aliphatic rings. The van der Waals surface area contributed by atoms with Gasteiger partial charge < -0.3 is 15.3 Å². The summed E-state index contributed by atoms with van der Waals surface area (Å²) in [6.07, 6.45) is 1.75. The van der Waals surface area contributed by atoms with Gasteiger partial charge in [0.15, 0.2) is 5.60 Å². The van der Waals surface area contributed by atoms with Gasteiger partial charge in [-0.2, -0.15) is 10.1 Å². The number of nitrogens with one attached hydrogen (secondary N) is 1. The van der Waals surface area contributed by atoms with Gasteiger partial charge in [-0.15, -0.1) is 0 Å². The zero-order valence-electron chi connectivity index (χ0n) is 16.4. The zero-order valence-corrected chi connectivity index (χ0v) is 16.4. The number of nitrogens with zero attached hydrogens (tertiary/aromatic N) is 3. The van der Waals surface area contributed by atoms with Crippen LogP contribution in [0.2, 0.25) is 0 Å². The van der Waals surface area contributed by atoms with Crippen molar-refractivity contribution in [3.63, 3.8) is 0 Å². The molecule has 150 valence electrons. The van der Waals surface area contributed by atoms with Crippen molar-refractivity contribution in [3.8, 4) is 0 Å². The molecule has 2 heterocycles. The molecule has 28 heavy (non-hydrogen) atoms. The number of benzene rings is 1. The van der Waals surface area contributed by atoms with Crippen LogP contribution in [0.5, 0.6) is 0 Å². The lowest BCUT2D eigenvalue weighted by Gasteiger charge is -2.32. The van der Waals surface area contributed by atoms with Gasteiger partial charge in [0, 0.05) is 25.7 Å². The van der Waals surface area contributed by atoms with Crippen LogP contribution in [0.25, 0.3) is 0 Å². The Morgan fingerprint density at radius 1 is 1.39 bits per heavy atom. The van der Waals surface area contributed by atoms with Crippen LogP contribution in [0.3, 0.4) is 0 Å². The maximum Gasteiger partial charge on any atom is 0.285 e. The molecule has 0 unspecified atom stereocenters. The molecular weight excluding hydrogens is 360 g/mol. The zero-order chi connectivity index (χ0) is 20.5. The molecule has 0 aromatic heterocycles. The minimum Gasteiger partial charge on any atom is -0.374 e. The average molecular weight is 386 g/mol. The Hall–Kier alpha value is -2.74. The Labute approximate surface area is 164 Å². The van der Waals surface area contributed by atoms with Crippen molar-refractivity contribution in [1.82, 2.24) is 10.2 Å². The number of carbonyl (C=O) groups excluding carboxylic acids is 3. The molecule has 2 atom stereocenters. The topological polar surface area (TPSA) is 102 Å². The minimum absolute atomic E-state index is 0.0578. The van der Waals surface area contributed by atoms with Crippen LogP contribution in [0, 0.1) is 5.92 Å². The van der Waals surface area contributed by atoms with Crippen LogP contribution >= 0.6 is 0 Å². The summed E-state index contributed by atoms with van der Waals surface area (Å²) in [6, 6.07) is 6.64. The van der Waals surface area contributed by atoms with Crippen molar-refractivity contribution < 1.29 is 19.5 Å². The molecule has 0 aliphatic carbocycles. The number of hydrazone groups is 1. The Morgan fingerprint density at radius 3 is 2.79 bits per heavy atom. The molecule has 0 radical (unpaired) electrons. The summed E-state index contributed by atoms with van der Waals surface area (Å²) in [5.41, 5.74) is -0.420. The van der Waals surface area contributed by atoms with Gasteiger partial charge in [-0.3, -0.25) is 14.4 Å². The van der Waals surface area contributed by atoms with Gasteiger partial charge in [0.1, 0.15) is 0 Å². The second-order valence-electron chi connectivity index (χ2n) is 7.27. The maximum atomic E-state index is 13.0. The van der Waals surface area contributed by atoms with E-state index in [1.807, 2.05) is 0 Å². The van der Waals surface area contributed by atoms with Crippen molar-refractivity contribution in [1.29, 1.82) is 0 Å². The summed E-state index contributed by atoms with van der Waals surface area (Å²) in [6.45, 7) is 4.30. The normalized spacial score (nSPS) is 24.9. The number of carbonyl (C=O) groups is 3. The van der Waals surface area contributed by atoms with Crippen molar-refractivity contribution >= 4 is 29.1 Å². The van der Waals surface area contributed by atoms with Gasteiger partial charge in [-0.05, 0) is 44.4 Å². The molecule has 3 amide bonds. The van der Waals surface area contributed by atoms with Crippen LogP contribution in [0.15, 0.2) is 29.4 Å². The summed E-state index contributed by atoms with van der Waals surface area (Å²) in [7, 11) is 1.60.